The number of hydrogen-bond donors (Lipinski definition) is 0. The molecule has 0 amide bonds. The van der Waals surface area contributed by atoms with Gasteiger partial charge in [-0.05, 0) is 128 Å². The summed E-state index contributed by atoms with van der Waals surface area (Å²) in [5.41, 5.74) is 0. The van der Waals surface area contributed by atoms with E-state index in [9.17, 15) is 14.4 Å². The van der Waals surface area contributed by atoms with Crippen molar-refractivity contribution in [1.29, 1.82) is 0 Å². The molecule has 0 saturated heterocycles. The maximum Gasteiger partial charge on any atom is 0.306 e. The molecule has 0 unspecified atom stereocenters. The average molecular weight is 980 g/mol. The van der Waals surface area contributed by atoms with E-state index in [1.54, 1.807) is 0 Å². The van der Waals surface area contributed by atoms with Gasteiger partial charge < -0.3 is 14.2 Å². The van der Waals surface area contributed by atoms with Crippen molar-refractivity contribution in [1.82, 2.24) is 0 Å². The first-order valence-electron chi connectivity index (χ1n) is 28.3. The van der Waals surface area contributed by atoms with Crippen LogP contribution in [0.1, 0.15) is 226 Å². The molecule has 0 aliphatic rings. The first-order valence-corrected chi connectivity index (χ1v) is 28.3. The highest BCUT2D eigenvalue weighted by atomic mass is 16.6. The monoisotopic (exact) mass is 979 g/mol. The third-order valence-electron chi connectivity index (χ3n) is 11.3. The van der Waals surface area contributed by atoms with Crippen LogP contribution in [-0.4, -0.2) is 37.2 Å². The molecule has 0 bridgehead atoms. The fourth-order valence-electron chi connectivity index (χ4n) is 7.13. The van der Waals surface area contributed by atoms with E-state index >= 15 is 0 Å². The molecule has 0 aromatic heterocycles. The van der Waals surface area contributed by atoms with Crippen LogP contribution < -0.4 is 0 Å². The highest BCUT2D eigenvalue weighted by Crippen LogP contribution is 2.13. The van der Waals surface area contributed by atoms with Gasteiger partial charge in [-0.1, -0.05) is 224 Å². The van der Waals surface area contributed by atoms with Gasteiger partial charge >= 0.3 is 17.9 Å². The Labute approximate surface area is 436 Å². The second-order valence-electron chi connectivity index (χ2n) is 18.1. The predicted molar refractivity (Wildman–Crippen MR) is 306 cm³/mol. The number of carbonyl (C=O) groups excluding carboxylic acids is 3. The van der Waals surface area contributed by atoms with Gasteiger partial charge in [-0.2, -0.15) is 0 Å². The van der Waals surface area contributed by atoms with Crippen LogP contribution in [0.15, 0.2) is 146 Å². The summed E-state index contributed by atoms with van der Waals surface area (Å²) in [6, 6.07) is 0. The summed E-state index contributed by atoms with van der Waals surface area (Å²) in [6.45, 7) is 6.27. The Bertz CT molecular complexity index is 1590. The van der Waals surface area contributed by atoms with E-state index in [1.807, 2.05) is 12.2 Å². The Morgan fingerprint density at radius 3 is 0.972 bits per heavy atom. The van der Waals surface area contributed by atoms with Gasteiger partial charge in [0.25, 0.3) is 0 Å². The molecular weight excluding hydrogens is 877 g/mol. The Balaban J connectivity index is 4.58. The Kier molecular flexibility index (Phi) is 54.0. The minimum atomic E-state index is -0.835. The summed E-state index contributed by atoms with van der Waals surface area (Å²) in [5.74, 6) is -1.07. The SMILES string of the molecule is CC/C=C\C/C=C\C/C=C\C/C=C\C/C=C\C/C=C\CCC(=O)OC[C@@H](COC(=O)CCCC/C=C\C/C=C\C/C=C\C/C=C\CC)OC(=O)CCCCCCCCCCC/C=C\C/C=C\CCCCC. The molecule has 0 aromatic carbocycles. The first-order chi connectivity index (χ1) is 35.0. The second-order valence-corrected chi connectivity index (χ2v) is 18.1. The van der Waals surface area contributed by atoms with Crippen molar-refractivity contribution >= 4 is 17.9 Å². The molecule has 0 rings (SSSR count). The van der Waals surface area contributed by atoms with Gasteiger partial charge in [0, 0.05) is 19.3 Å². The summed E-state index contributed by atoms with van der Waals surface area (Å²) < 4.78 is 16.7. The lowest BCUT2D eigenvalue weighted by atomic mass is 10.1. The predicted octanol–water partition coefficient (Wildman–Crippen LogP) is 19.2. The molecule has 0 aliphatic carbocycles. The van der Waals surface area contributed by atoms with E-state index < -0.39 is 6.10 Å². The minimum Gasteiger partial charge on any atom is -0.462 e. The van der Waals surface area contributed by atoms with Crippen molar-refractivity contribution in [3.05, 3.63) is 146 Å². The largest absolute Gasteiger partial charge is 0.462 e. The molecule has 0 heterocycles. The number of rotatable bonds is 49. The molecule has 71 heavy (non-hydrogen) atoms. The van der Waals surface area contributed by atoms with Crippen molar-refractivity contribution in [2.75, 3.05) is 13.2 Å². The third kappa shape index (κ3) is 56.1. The zero-order valence-electron chi connectivity index (χ0n) is 45.4. The number of unbranched alkanes of at least 4 members (excludes halogenated alkanes) is 14. The van der Waals surface area contributed by atoms with Crippen LogP contribution in [0.2, 0.25) is 0 Å². The van der Waals surface area contributed by atoms with Gasteiger partial charge in [-0.25, -0.2) is 0 Å². The molecular formula is C65H102O6. The lowest BCUT2D eigenvalue weighted by Crippen LogP contribution is -2.30. The van der Waals surface area contributed by atoms with Gasteiger partial charge in [0.1, 0.15) is 13.2 Å². The second kappa shape index (κ2) is 57.9. The average Bonchev–Trinajstić information content (AvgIpc) is 3.37. The Morgan fingerprint density at radius 1 is 0.296 bits per heavy atom. The molecule has 0 N–H and O–H groups in total. The van der Waals surface area contributed by atoms with Crippen LogP contribution >= 0.6 is 0 Å². The molecule has 0 aromatic rings. The number of carbonyl (C=O) groups is 3. The maximum absolute atomic E-state index is 12.9. The van der Waals surface area contributed by atoms with Crippen LogP contribution in [0, 0.1) is 0 Å². The molecule has 6 heteroatoms. The van der Waals surface area contributed by atoms with Crippen LogP contribution in [-0.2, 0) is 28.6 Å². The molecule has 0 saturated carbocycles. The molecule has 398 valence electrons. The summed E-state index contributed by atoms with van der Waals surface area (Å²) in [7, 11) is 0. The molecule has 0 fully saturated rings. The normalized spacial score (nSPS) is 13.2. The van der Waals surface area contributed by atoms with Crippen LogP contribution in [0.4, 0.5) is 0 Å². The zero-order valence-corrected chi connectivity index (χ0v) is 45.4. The summed E-state index contributed by atoms with van der Waals surface area (Å²) in [5, 5.41) is 0. The van der Waals surface area contributed by atoms with E-state index in [0.29, 0.717) is 19.3 Å². The van der Waals surface area contributed by atoms with Crippen LogP contribution in [0.25, 0.3) is 0 Å². The lowest BCUT2D eigenvalue weighted by Gasteiger charge is -2.18. The topological polar surface area (TPSA) is 78.9 Å². The maximum atomic E-state index is 12.9. The highest BCUT2D eigenvalue weighted by molar-refractivity contribution is 5.71. The molecule has 0 radical (unpaired) electrons. The summed E-state index contributed by atoms with van der Waals surface area (Å²) in [4.78, 5) is 38.1. The molecule has 6 nitrogen and oxygen atoms in total. The smallest absolute Gasteiger partial charge is 0.306 e. The van der Waals surface area contributed by atoms with Crippen molar-refractivity contribution in [3.63, 3.8) is 0 Å². The first kappa shape index (κ1) is 66.3. The van der Waals surface area contributed by atoms with Gasteiger partial charge in [0.05, 0.1) is 0 Å². The summed E-state index contributed by atoms with van der Waals surface area (Å²) in [6.07, 6.45) is 82.8. The summed E-state index contributed by atoms with van der Waals surface area (Å²) >= 11 is 0. The number of allylic oxidation sites excluding steroid dienone is 24. The Hall–Kier alpha value is -4.71. The zero-order chi connectivity index (χ0) is 51.4. The van der Waals surface area contributed by atoms with Crippen molar-refractivity contribution < 1.29 is 28.6 Å². The minimum absolute atomic E-state index is 0.130. The van der Waals surface area contributed by atoms with Crippen LogP contribution in [0.3, 0.4) is 0 Å². The van der Waals surface area contributed by atoms with E-state index in [-0.39, 0.29) is 44.0 Å². The van der Waals surface area contributed by atoms with E-state index in [0.717, 1.165) is 103 Å². The molecule has 0 aliphatic heterocycles. The van der Waals surface area contributed by atoms with Gasteiger partial charge in [-0.15, -0.1) is 0 Å². The Morgan fingerprint density at radius 2 is 0.577 bits per heavy atom. The van der Waals surface area contributed by atoms with Crippen LogP contribution in [0.5, 0.6) is 0 Å². The fraction of sp³-hybridized carbons (Fsp3) is 0.585. The number of esters is 3. The quantitative estimate of drug-likeness (QED) is 0.0262. The highest BCUT2D eigenvalue weighted by Gasteiger charge is 2.19. The van der Waals surface area contributed by atoms with Gasteiger partial charge in [-0.3, -0.25) is 14.4 Å². The number of hydrogen-bond acceptors (Lipinski definition) is 6. The van der Waals surface area contributed by atoms with E-state index in [1.165, 1.54) is 70.6 Å². The molecule has 1 atom stereocenters. The van der Waals surface area contributed by atoms with E-state index in [2.05, 4.69) is 154 Å². The van der Waals surface area contributed by atoms with Crippen molar-refractivity contribution in [3.8, 4) is 0 Å². The van der Waals surface area contributed by atoms with Crippen molar-refractivity contribution in [2.24, 2.45) is 0 Å². The van der Waals surface area contributed by atoms with Gasteiger partial charge in [0.15, 0.2) is 6.10 Å². The van der Waals surface area contributed by atoms with Crippen molar-refractivity contribution in [2.45, 2.75) is 232 Å². The fourth-order valence-corrected chi connectivity index (χ4v) is 7.13. The van der Waals surface area contributed by atoms with E-state index in [4.69, 9.17) is 14.2 Å². The third-order valence-corrected chi connectivity index (χ3v) is 11.3. The molecule has 0 spiro atoms. The lowest BCUT2D eigenvalue weighted by molar-refractivity contribution is -0.166. The standard InChI is InChI=1S/C65H102O6/c1-4-7-10-13-16-19-22-25-28-30-32-34-37-40-43-46-49-52-55-58-64(67)70-61-62(60-69-63(66)57-54-51-48-45-42-39-36-27-24-21-18-15-12-9-6-3)71-65(68)59-56-53-50-47-44-41-38-35-33-31-29-26-23-20-17-14-11-8-5-2/h7,9-10,12,16-21,25-29,32,34,36,40,42-43,45,49,52,62H,4-6,8,11,13-15,22-24,30-31,33,35,37-39,41,44,46-48,50-51,53-61H2,1-3H3/b10-7-,12-9-,19-16-,20-17-,21-18-,28-25-,29-26-,34-32-,36-27-,43-40-,45-42-,52-49-/t62-/m1/s1. The number of ether oxygens (including phenoxy) is 3. The van der Waals surface area contributed by atoms with Gasteiger partial charge in [0.2, 0.25) is 0 Å².